The van der Waals surface area contributed by atoms with Gasteiger partial charge in [0.2, 0.25) is 5.90 Å². The first-order valence-electron chi connectivity index (χ1n) is 5.66. The van der Waals surface area contributed by atoms with Gasteiger partial charge in [-0.15, -0.1) is 0 Å². The topological polar surface area (TPSA) is 51.8 Å². The summed E-state index contributed by atoms with van der Waals surface area (Å²) in [5.74, 6) is 0.260. The molecular formula is C14H7BrClNO3. The Morgan fingerprint density at radius 1 is 1.15 bits per heavy atom. The zero-order valence-electron chi connectivity index (χ0n) is 9.97. The molecule has 4 nitrogen and oxygen atoms in total. The quantitative estimate of drug-likeness (QED) is 0.605. The van der Waals surface area contributed by atoms with Crippen LogP contribution in [0.15, 0.2) is 56.2 Å². The summed E-state index contributed by atoms with van der Waals surface area (Å²) in [5, 5.41) is 0.606. The number of ether oxygens (including phenoxy) is 1. The van der Waals surface area contributed by atoms with Crippen LogP contribution in [0.2, 0.25) is 5.02 Å². The number of esters is 1. The zero-order valence-corrected chi connectivity index (χ0v) is 12.3. The number of aliphatic imine (C=N–C) groups is 1. The monoisotopic (exact) mass is 351 g/mol. The van der Waals surface area contributed by atoms with Gasteiger partial charge in [0, 0.05) is 16.7 Å². The van der Waals surface area contributed by atoms with Crippen molar-refractivity contribution in [3.63, 3.8) is 0 Å². The van der Waals surface area contributed by atoms with Gasteiger partial charge in [0.1, 0.15) is 5.76 Å². The van der Waals surface area contributed by atoms with Crippen LogP contribution in [0.5, 0.6) is 0 Å². The van der Waals surface area contributed by atoms with Crippen molar-refractivity contribution in [2.75, 3.05) is 0 Å². The molecule has 2 aromatic rings. The maximum absolute atomic E-state index is 11.8. The van der Waals surface area contributed by atoms with Crippen molar-refractivity contribution in [1.29, 1.82) is 0 Å². The molecule has 0 bridgehead atoms. The molecule has 3 rings (SSSR count). The Kier molecular flexibility index (Phi) is 3.46. The lowest BCUT2D eigenvalue weighted by Crippen LogP contribution is -2.04. The average Bonchev–Trinajstić information content (AvgIpc) is 2.98. The maximum atomic E-state index is 11.8. The fourth-order valence-electron chi connectivity index (χ4n) is 1.67. The van der Waals surface area contributed by atoms with Gasteiger partial charge < -0.3 is 9.15 Å². The number of halogens is 2. The van der Waals surface area contributed by atoms with Crippen LogP contribution in [0.4, 0.5) is 0 Å². The molecule has 1 aliphatic rings. The van der Waals surface area contributed by atoms with Crippen LogP contribution in [0.25, 0.3) is 6.08 Å². The summed E-state index contributed by atoms with van der Waals surface area (Å²) in [7, 11) is 0. The van der Waals surface area contributed by atoms with Gasteiger partial charge in [-0.25, -0.2) is 9.79 Å². The summed E-state index contributed by atoms with van der Waals surface area (Å²) < 4.78 is 11.0. The van der Waals surface area contributed by atoms with Crippen LogP contribution in [-0.2, 0) is 9.53 Å². The van der Waals surface area contributed by atoms with Gasteiger partial charge in [-0.2, -0.15) is 0 Å². The van der Waals surface area contributed by atoms with E-state index in [1.54, 1.807) is 36.4 Å². The first-order chi connectivity index (χ1) is 9.61. The Morgan fingerprint density at radius 3 is 2.55 bits per heavy atom. The van der Waals surface area contributed by atoms with Gasteiger partial charge in [-0.1, -0.05) is 11.6 Å². The molecule has 0 saturated carbocycles. The molecule has 1 aromatic carbocycles. The molecule has 1 aliphatic heterocycles. The number of furan rings is 1. The van der Waals surface area contributed by atoms with Gasteiger partial charge in [0.25, 0.3) is 0 Å². The van der Waals surface area contributed by atoms with E-state index < -0.39 is 5.97 Å². The Bertz CT molecular complexity index is 731. The fraction of sp³-hybridized carbons (Fsp3) is 0. The zero-order chi connectivity index (χ0) is 14.1. The molecule has 20 heavy (non-hydrogen) atoms. The van der Waals surface area contributed by atoms with Crippen LogP contribution < -0.4 is 0 Å². The van der Waals surface area contributed by atoms with E-state index >= 15 is 0 Å². The second kappa shape index (κ2) is 5.26. The van der Waals surface area contributed by atoms with Crippen LogP contribution in [0, 0.1) is 0 Å². The minimum absolute atomic E-state index is 0.191. The second-order valence-corrected chi connectivity index (χ2v) is 5.20. The summed E-state index contributed by atoms with van der Waals surface area (Å²) in [5.41, 5.74) is 0.878. The lowest BCUT2D eigenvalue weighted by molar-refractivity contribution is -0.129. The molecule has 0 unspecified atom stereocenters. The number of rotatable bonds is 2. The Balaban J connectivity index is 1.92. The average molecular weight is 353 g/mol. The predicted octanol–water partition coefficient (Wildman–Crippen LogP) is 4.04. The van der Waals surface area contributed by atoms with E-state index in [2.05, 4.69) is 20.9 Å². The van der Waals surface area contributed by atoms with Crippen molar-refractivity contribution in [2.45, 2.75) is 0 Å². The minimum Gasteiger partial charge on any atom is -0.450 e. The Hall–Kier alpha value is -1.85. The summed E-state index contributed by atoms with van der Waals surface area (Å²) in [6.07, 6.45) is 1.52. The number of hydrogen-bond acceptors (Lipinski definition) is 4. The smallest absolute Gasteiger partial charge is 0.363 e. The van der Waals surface area contributed by atoms with Crippen molar-refractivity contribution in [1.82, 2.24) is 0 Å². The van der Waals surface area contributed by atoms with E-state index in [9.17, 15) is 4.79 Å². The molecule has 2 heterocycles. The van der Waals surface area contributed by atoms with Crippen LogP contribution in [-0.4, -0.2) is 11.9 Å². The first-order valence-corrected chi connectivity index (χ1v) is 6.83. The van der Waals surface area contributed by atoms with Gasteiger partial charge in [0.15, 0.2) is 10.4 Å². The minimum atomic E-state index is -0.512. The van der Waals surface area contributed by atoms with Crippen molar-refractivity contribution < 1.29 is 13.9 Å². The molecule has 0 N–H and O–H groups in total. The standard InChI is InChI=1S/C14H7BrClNO3/c15-12-6-5-10(19-12)7-11-14(18)20-13(17-11)8-1-3-9(16)4-2-8/h1-7H/b11-7-. The van der Waals surface area contributed by atoms with Crippen molar-refractivity contribution in [2.24, 2.45) is 4.99 Å². The highest BCUT2D eigenvalue weighted by atomic mass is 79.9. The lowest BCUT2D eigenvalue weighted by Gasteiger charge is -1.98. The predicted molar refractivity (Wildman–Crippen MR) is 78.5 cm³/mol. The molecule has 0 fully saturated rings. The molecule has 6 heteroatoms. The van der Waals surface area contributed by atoms with E-state index in [1.165, 1.54) is 6.08 Å². The molecule has 1 aromatic heterocycles. The third-order valence-corrected chi connectivity index (χ3v) is 3.26. The van der Waals surface area contributed by atoms with Crippen LogP contribution >= 0.6 is 27.5 Å². The first kappa shape index (κ1) is 13.1. The van der Waals surface area contributed by atoms with Crippen molar-refractivity contribution >= 4 is 45.5 Å². The highest BCUT2D eigenvalue weighted by Gasteiger charge is 2.24. The molecule has 0 atom stereocenters. The van der Waals surface area contributed by atoms with Gasteiger partial charge in [-0.05, 0) is 52.3 Å². The SMILES string of the molecule is O=C1OC(c2ccc(Cl)cc2)=N/C1=C\c1ccc(Br)o1. The van der Waals surface area contributed by atoms with E-state index in [4.69, 9.17) is 20.8 Å². The highest BCUT2D eigenvalue weighted by molar-refractivity contribution is 9.10. The molecule has 100 valence electrons. The normalized spacial score (nSPS) is 16.4. The van der Waals surface area contributed by atoms with E-state index in [-0.39, 0.29) is 11.6 Å². The van der Waals surface area contributed by atoms with Gasteiger partial charge >= 0.3 is 5.97 Å². The maximum Gasteiger partial charge on any atom is 0.363 e. The molecule has 0 amide bonds. The summed E-state index contributed by atoms with van der Waals surface area (Å²) in [6, 6.07) is 10.3. The largest absolute Gasteiger partial charge is 0.450 e. The summed E-state index contributed by atoms with van der Waals surface area (Å²) in [6.45, 7) is 0. The third-order valence-electron chi connectivity index (χ3n) is 2.58. The van der Waals surface area contributed by atoms with Gasteiger partial charge in [0.05, 0.1) is 0 Å². The van der Waals surface area contributed by atoms with Crippen LogP contribution in [0.3, 0.4) is 0 Å². The summed E-state index contributed by atoms with van der Waals surface area (Å²) >= 11 is 9.00. The number of benzene rings is 1. The van der Waals surface area contributed by atoms with E-state index in [1.807, 2.05) is 0 Å². The molecule has 0 radical (unpaired) electrons. The van der Waals surface area contributed by atoms with E-state index in [0.717, 1.165) is 0 Å². The third kappa shape index (κ3) is 2.69. The number of carbonyl (C=O) groups excluding carboxylic acids is 1. The van der Waals surface area contributed by atoms with Crippen LogP contribution in [0.1, 0.15) is 11.3 Å². The number of hydrogen-bond donors (Lipinski definition) is 0. The molecule has 0 saturated heterocycles. The second-order valence-electron chi connectivity index (χ2n) is 3.98. The number of cyclic esters (lactones) is 1. The molecule has 0 spiro atoms. The highest BCUT2D eigenvalue weighted by Crippen LogP contribution is 2.22. The molecular weight excluding hydrogens is 346 g/mol. The fourth-order valence-corrected chi connectivity index (χ4v) is 2.11. The number of carbonyl (C=O) groups is 1. The Labute approximate surface area is 127 Å². The van der Waals surface area contributed by atoms with Gasteiger partial charge in [-0.3, -0.25) is 0 Å². The Morgan fingerprint density at radius 2 is 1.90 bits per heavy atom. The summed E-state index contributed by atoms with van der Waals surface area (Å²) in [4.78, 5) is 15.9. The molecule has 0 aliphatic carbocycles. The lowest BCUT2D eigenvalue weighted by atomic mass is 10.2. The number of nitrogens with zero attached hydrogens (tertiary/aromatic N) is 1. The van der Waals surface area contributed by atoms with Crippen molar-refractivity contribution in [3.8, 4) is 0 Å². The van der Waals surface area contributed by atoms with Crippen molar-refractivity contribution in [3.05, 3.63) is 63.1 Å². The van der Waals surface area contributed by atoms with E-state index in [0.29, 0.717) is 21.0 Å².